The van der Waals surface area contributed by atoms with Gasteiger partial charge in [-0.15, -0.1) is 0 Å². The zero-order valence-corrected chi connectivity index (χ0v) is 14.3. The fraction of sp³-hybridized carbons (Fsp3) is 0.588. The van der Waals surface area contributed by atoms with Crippen molar-refractivity contribution in [3.8, 4) is 0 Å². The number of carbonyl (C=O) groups is 1. The molecule has 1 amide bonds. The van der Waals surface area contributed by atoms with E-state index in [1.54, 1.807) is 12.1 Å². The average Bonchev–Trinajstić information content (AvgIpc) is 2.50. The highest BCUT2D eigenvalue weighted by Gasteiger charge is 2.34. The Labute approximate surface area is 139 Å². The minimum absolute atomic E-state index is 0.0921. The number of nitrogens with one attached hydrogen (secondary N) is 2. The lowest BCUT2D eigenvalue weighted by molar-refractivity contribution is -0.902. The van der Waals surface area contributed by atoms with Gasteiger partial charge in [-0.25, -0.2) is 4.39 Å². The van der Waals surface area contributed by atoms with E-state index in [0.29, 0.717) is 11.0 Å². The van der Waals surface area contributed by atoms with E-state index in [0.717, 1.165) is 24.9 Å². The summed E-state index contributed by atoms with van der Waals surface area (Å²) in [6, 6.07) is 4.70. The zero-order valence-electron chi connectivity index (χ0n) is 12.7. The molecule has 1 aliphatic carbocycles. The predicted molar refractivity (Wildman–Crippen MR) is 88.4 cm³/mol. The summed E-state index contributed by atoms with van der Waals surface area (Å²) in [4.78, 5) is 13.5. The number of carbonyl (C=O) groups excluding carboxylic acids is 1. The monoisotopic (exact) mass is 369 g/mol. The van der Waals surface area contributed by atoms with E-state index >= 15 is 0 Å². The molecule has 1 aliphatic heterocycles. The first kappa shape index (κ1) is 15.9. The molecular formula is C17H23BrFN2O+. The van der Waals surface area contributed by atoms with Crippen LogP contribution in [-0.4, -0.2) is 25.5 Å². The fourth-order valence-electron chi connectivity index (χ4n) is 3.97. The van der Waals surface area contributed by atoms with Crippen molar-refractivity contribution in [2.75, 3.05) is 25.0 Å². The molecular weight excluding hydrogens is 347 g/mol. The molecule has 22 heavy (non-hydrogen) atoms. The van der Waals surface area contributed by atoms with Crippen LogP contribution in [0.2, 0.25) is 0 Å². The number of anilines is 1. The number of fused-ring (bicyclic) bond motifs is 1. The van der Waals surface area contributed by atoms with Gasteiger partial charge in [0.2, 0.25) is 0 Å². The molecule has 5 heteroatoms. The number of amides is 1. The molecule has 1 heterocycles. The quantitative estimate of drug-likeness (QED) is 0.843. The third-order valence-electron chi connectivity index (χ3n) is 5.10. The number of hydrogen-bond acceptors (Lipinski definition) is 1. The molecule has 1 aromatic carbocycles. The predicted octanol–water partition coefficient (Wildman–Crippen LogP) is 2.62. The molecule has 2 N–H and O–H groups in total. The molecule has 0 spiro atoms. The third-order valence-corrected chi connectivity index (χ3v) is 5.60. The maximum Gasteiger partial charge on any atom is 0.279 e. The van der Waals surface area contributed by atoms with Crippen LogP contribution < -0.4 is 10.2 Å². The van der Waals surface area contributed by atoms with Crippen molar-refractivity contribution in [3.63, 3.8) is 0 Å². The molecule has 1 aromatic rings. The fourth-order valence-corrected chi connectivity index (χ4v) is 4.30. The van der Waals surface area contributed by atoms with Gasteiger partial charge < -0.3 is 10.2 Å². The molecule has 3 atom stereocenters. The Hall–Kier alpha value is -0.940. The van der Waals surface area contributed by atoms with Crippen LogP contribution in [0.5, 0.6) is 0 Å². The summed E-state index contributed by atoms with van der Waals surface area (Å²) in [5, 5.41) is 2.70. The van der Waals surface area contributed by atoms with E-state index in [1.807, 2.05) is 0 Å². The Morgan fingerprint density at radius 1 is 1.27 bits per heavy atom. The summed E-state index contributed by atoms with van der Waals surface area (Å²) in [5.41, 5.74) is 0.264. The second kappa shape index (κ2) is 7.09. The summed E-state index contributed by atoms with van der Waals surface area (Å²) >= 11 is 3.22. The van der Waals surface area contributed by atoms with Crippen molar-refractivity contribution < 1.29 is 14.1 Å². The summed E-state index contributed by atoms with van der Waals surface area (Å²) in [6.45, 7) is 2.61. The maximum atomic E-state index is 13.8. The van der Waals surface area contributed by atoms with Crippen LogP contribution in [0.1, 0.15) is 32.1 Å². The lowest BCUT2D eigenvalue weighted by Gasteiger charge is -2.38. The van der Waals surface area contributed by atoms with Crippen LogP contribution in [0.3, 0.4) is 0 Å². The lowest BCUT2D eigenvalue weighted by Crippen LogP contribution is -3.15. The molecule has 1 saturated carbocycles. The summed E-state index contributed by atoms with van der Waals surface area (Å²) in [6.07, 6.45) is 6.63. The minimum Gasteiger partial charge on any atom is -0.327 e. The topological polar surface area (TPSA) is 33.5 Å². The normalized spacial score (nSPS) is 28.0. The standard InChI is InChI=1S/C17H22BrFN2O/c18-14-5-6-16(15(19)9-14)20-17(22)11-21-8-7-12-3-1-2-4-13(12)10-21/h5-6,9,12-13H,1-4,7-8,10-11H2,(H,20,22)/p+1/t12-,13+/m0/s1. The third kappa shape index (κ3) is 3.87. The van der Waals surface area contributed by atoms with Crippen LogP contribution in [0, 0.1) is 17.7 Å². The molecule has 2 aliphatic rings. The van der Waals surface area contributed by atoms with Gasteiger partial charge in [0.15, 0.2) is 6.54 Å². The van der Waals surface area contributed by atoms with Crippen LogP contribution in [0.4, 0.5) is 10.1 Å². The number of benzene rings is 1. The van der Waals surface area contributed by atoms with Gasteiger partial charge in [-0.05, 0) is 43.4 Å². The molecule has 0 radical (unpaired) electrons. The first-order valence-corrected chi connectivity index (χ1v) is 8.99. The highest BCUT2D eigenvalue weighted by atomic mass is 79.9. The molecule has 1 saturated heterocycles. The first-order chi connectivity index (χ1) is 10.6. The van der Waals surface area contributed by atoms with E-state index in [2.05, 4.69) is 21.2 Å². The molecule has 3 nitrogen and oxygen atoms in total. The van der Waals surface area contributed by atoms with Crippen molar-refractivity contribution in [1.29, 1.82) is 0 Å². The summed E-state index contributed by atoms with van der Waals surface area (Å²) < 4.78 is 14.4. The van der Waals surface area contributed by atoms with Crippen molar-refractivity contribution >= 4 is 27.5 Å². The Morgan fingerprint density at radius 2 is 2.05 bits per heavy atom. The van der Waals surface area contributed by atoms with Gasteiger partial charge in [0.05, 0.1) is 18.8 Å². The van der Waals surface area contributed by atoms with Gasteiger partial charge in [0.25, 0.3) is 5.91 Å². The maximum absolute atomic E-state index is 13.8. The second-order valence-electron chi connectivity index (χ2n) is 6.65. The van der Waals surface area contributed by atoms with Crippen molar-refractivity contribution in [3.05, 3.63) is 28.5 Å². The summed E-state index contributed by atoms with van der Waals surface area (Å²) in [5.74, 6) is 1.17. The summed E-state index contributed by atoms with van der Waals surface area (Å²) in [7, 11) is 0. The number of likely N-dealkylation sites (tertiary alicyclic amines) is 1. The van der Waals surface area contributed by atoms with Crippen molar-refractivity contribution in [2.24, 2.45) is 11.8 Å². The average molecular weight is 370 g/mol. The van der Waals surface area contributed by atoms with Gasteiger partial charge in [0.1, 0.15) is 5.82 Å². The number of hydrogen-bond donors (Lipinski definition) is 2. The lowest BCUT2D eigenvalue weighted by atomic mass is 9.75. The molecule has 2 fully saturated rings. The van der Waals surface area contributed by atoms with E-state index in [9.17, 15) is 9.18 Å². The van der Waals surface area contributed by atoms with Gasteiger partial charge >= 0.3 is 0 Å². The second-order valence-corrected chi connectivity index (χ2v) is 7.56. The molecule has 0 aromatic heterocycles. The molecule has 3 rings (SSSR count). The number of piperidine rings is 1. The highest BCUT2D eigenvalue weighted by molar-refractivity contribution is 9.10. The highest BCUT2D eigenvalue weighted by Crippen LogP contribution is 2.32. The zero-order chi connectivity index (χ0) is 15.5. The SMILES string of the molecule is O=C(C[NH+]1CC[C@@H]2CCCC[C@@H]2C1)Nc1ccc(Br)cc1F. The smallest absolute Gasteiger partial charge is 0.279 e. The minimum atomic E-state index is -0.399. The van der Waals surface area contributed by atoms with E-state index < -0.39 is 5.82 Å². The molecule has 0 bridgehead atoms. The van der Waals surface area contributed by atoms with Crippen LogP contribution in [0.25, 0.3) is 0 Å². The van der Waals surface area contributed by atoms with Gasteiger partial charge in [-0.2, -0.15) is 0 Å². The van der Waals surface area contributed by atoms with E-state index in [1.165, 1.54) is 43.1 Å². The first-order valence-electron chi connectivity index (χ1n) is 8.20. The molecule has 1 unspecified atom stereocenters. The van der Waals surface area contributed by atoms with Crippen LogP contribution >= 0.6 is 15.9 Å². The van der Waals surface area contributed by atoms with Crippen molar-refractivity contribution in [2.45, 2.75) is 32.1 Å². The Balaban J connectivity index is 1.53. The van der Waals surface area contributed by atoms with E-state index in [4.69, 9.17) is 0 Å². The van der Waals surface area contributed by atoms with Gasteiger partial charge in [-0.3, -0.25) is 4.79 Å². The van der Waals surface area contributed by atoms with Crippen LogP contribution in [-0.2, 0) is 4.79 Å². The Morgan fingerprint density at radius 3 is 2.82 bits per heavy atom. The number of halogens is 2. The molecule has 120 valence electrons. The Bertz CT molecular complexity index is 551. The van der Waals surface area contributed by atoms with Crippen LogP contribution in [0.15, 0.2) is 22.7 Å². The Kier molecular flexibility index (Phi) is 5.14. The van der Waals surface area contributed by atoms with Gasteiger partial charge in [0, 0.05) is 10.4 Å². The largest absolute Gasteiger partial charge is 0.327 e. The van der Waals surface area contributed by atoms with Crippen molar-refractivity contribution in [1.82, 2.24) is 0 Å². The van der Waals surface area contributed by atoms with Gasteiger partial charge in [-0.1, -0.05) is 28.8 Å². The number of quaternary nitrogens is 1. The number of rotatable bonds is 3. The van der Waals surface area contributed by atoms with E-state index in [-0.39, 0.29) is 11.6 Å².